The number of unbranched alkanes of at least 4 members (excludes halogenated alkanes) is 1. The number of ether oxygens (including phenoxy) is 1. The van der Waals surface area contributed by atoms with Crippen LogP contribution in [0.15, 0.2) is 48.5 Å². The Balaban J connectivity index is 2.36. The van der Waals surface area contributed by atoms with Crippen LogP contribution in [0.25, 0.3) is 0 Å². The maximum absolute atomic E-state index is 13.5. The number of benzene rings is 2. The van der Waals surface area contributed by atoms with E-state index in [1.807, 2.05) is 26.0 Å². The summed E-state index contributed by atoms with van der Waals surface area (Å²) in [4.78, 5) is 27.7. The van der Waals surface area contributed by atoms with Crippen molar-refractivity contribution in [2.45, 2.75) is 46.2 Å². The molecule has 1 N–H and O–H groups in total. The fourth-order valence-corrected chi connectivity index (χ4v) is 4.32. The lowest BCUT2D eigenvalue weighted by atomic mass is 10.1. The number of rotatable bonds is 12. The van der Waals surface area contributed by atoms with Crippen molar-refractivity contribution in [3.8, 4) is 5.75 Å². The summed E-state index contributed by atoms with van der Waals surface area (Å²) in [5.74, 6) is -0.137. The van der Waals surface area contributed by atoms with Crippen LogP contribution in [-0.2, 0) is 26.2 Å². The molecule has 0 unspecified atom stereocenters. The van der Waals surface area contributed by atoms with Crippen LogP contribution in [0.5, 0.6) is 5.75 Å². The van der Waals surface area contributed by atoms with E-state index in [9.17, 15) is 18.0 Å². The second kappa shape index (κ2) is 12.4. The van der Waals surface area contributed by atoms with Crippen molar-refractivity contribution in [2.24, 2.45) is 0 Å². The minimum Gasteiger partial charge on any atom is -0.497 e. The molecule has 0 saturated heterocycles. The normalized spacial score (nSPS) is 12.0. The van der Waals surface area contributed by atoms with E-state index in [4.69, 9.17) is 4.74 Å². The number of nitrogens with one attached hydrogen (secondary N) is 1. The molecule has 8 nitrogen and oxygen atoms in total. The first-order chi connectivity index (χ1) is 16.1. The van der Waals surface area contributed by atoms with E-state index in [1.165, 1.54) is 4.90 Å². The minimum atomic E-state index is -3.75. The third kappa shape index (κ3) is 7.76. The predicted molar refractivity (Wildman–Crippen MR) is 134 cm³/mol. The lowest BCUT2D eigenvalue weighted by molar-refractivity contribution is -0.139. The van der Waals surface area contributed by atoms with Crippen LogP contribution in [0.3, 0.4) is 0 Å². The van der Waals surface area contributed by atoms with E-state index in [-0.39, 0.29) is 12.5 Å². The largest absolute Gasteiger partial charge is 0.497 e. The number of nitrogens with zero attached hydrogens (tertiary/aromatic N) is 2. The first kappa shape index (κ1) is 27.2. The van der Waals surface area contributed by atoms with Gasteiger partial charge in [-0.3, -0.25) is 13.9 Å². The maximum atomic E-state index is 13.5. The lowest BCUT2D eigenvalue weighted by Gasteiger charge is -2.31. The molecule has 0 fully saturated rings. The van der Waals surface area contributed by atoms with Crippen molar-refractivity contribution in [2.75, 3.05) is 30.8 Å². The van der Waals surface area contributed by atoms with Gasteiger partial charge < -0.3 is 15.0 Å². The number of aryl methyl sites for hydroxylation is 1. The van der Waals surface area contributed by atoms with Crippen LogP contribution in [0.2, 0.25) is 0 Å². The zero-order valence-corrected chi connectivity index (χ0v) is 21.4. The molecule has 34 heavy (non-hydrogen) atoms. The molecule has 2 aromatic carbocycles. The minimum absolute atomic E-state index is 0.129. The fourth-order valence-electron chi connectivity index (χ4n) is 3.48. The highest BCUT2D eigenvalue weighted by Gasteiger charge is 2.30. The molecule has 0 aliphatic carbocycles. The Morgan fingerprint density at radius 3 is 2.44 bits per heavy atom. The highest BCUT2D eigenvalue weighted by Crippen LogP contribution is 2.21. The summed E-state index contributed by atoms with van der Waals surface area (Å²) >= 11 is 0. The average Bonchev–Trinajstić information content (AvgIpc) is 2.79. The SMILES string of the molecule is CCCCNC(=O)[C@H](C)N(Cc1cccc(OC)c1)C(=O)CN(c1cccc(C)c1)S(C)(=O)=O. The Bertz CT molecular complexity index is 1090. The summed E-state index contributed by atoms with van der Waals surface area (Å²) < 4.78 is 31.5. The number of hydrogen-bond donors (Lipinski definition) is 1. The Kier molecular flexibility index (Phi) is 9.92. The van der Waals surface area contributed by atoms with Gasteiger partial charge in [0.1, 0.15) is 18.3 Å². The topological polar surface area (TPSA) is 96.0 Å². The Morgan fingerprint density at radius 2 is 1.82 bits per heavy atom. The van der Waals surface area contributed by atoms with Crippen molar-refractivity contribution in [3.63, 3.8) is 0 Å². The van der Waals surface area contributed by atoms with Crippen molar-refractivity contribution < 1.29 is 22.7 Å². The molecule has 0 bridgehead atoms. The molecule has 0 aliphatic rings. The third-order valence-corrected chi connectivity index (χ3v) is 6.59. The highest BCUT2D eigenvalue weighted by atomic mass is 32.2. The summed E-state index contributed by atoms with van der Waals surface area (Å²) in [6.45, 7) is 5.75. The number of carbonyl (C=O) groups excluding carboxylic acids is 2. The first-order valence-electron chi connectivity index (χ1n) is 11.3. The molecule has 0 saturated carbocycles. The highest BCUT2D eigenvalue weighted by molar-refractivity contribution is 7.92. The van der Waals surface area contributed by atoms with Gasteiger partial charge in [0.25, 0.3) is 0 Å². The van der Waals surface area contributed by atoms with Crippen LogP contribution in [-0.4, -0.2) is 57.6 Å². The molecule has 9 heteroatoms. The van der Waals surface area contributed by atoms with E-state index in [2.05, 4.69) is 5.32 Å². The van der Waals surface area contributed by atoms with Gasteiger partial charge in [-0.1, -0.05) is 37.6 Å². The van der Waals surface area contributed by atoms with Gasteiger partial charge in [-0.2, -0.15) is 0 Å². The van der Waals surface area contributed by atoms with Crippen molar-refractivity contribution >= 4 is 27.5 Å². The lowest BCUT2D eigenvalue weighted by Crippen LogP contribution is -2.51. The second-order valence-corrected chi connectivity index (χ2v) is 10.2. The van der Waals surface area contributed by atoms with Crippen LogP contribution in [0.4, 0.5) is 5.69 Å². The van der Waals surface area contributed by atoms with Crippen LogP contribution < -0.4 is 14.4 Å². The molecule has 0 aromatic heterocycles. The fraction of sp³-hybridized carbons (Fsp3) is 0.440. The monoisotopic (exact) mass is 489 g/mol. The van der Waals surface area contributed by atoms with Crippen LogP contribution in [0.1, 0.15) is 37.8 Å². The molecular formula is C25H35N3O5S. The standard InChI is InChI=1S/C25H35N3O5S/c1-6-7-14-26-25(30)20(3)27(17-21-11-9-13-23(16-21)33-4)24(29)18-28(34(5,31)32)22-12-8-10-19(2)15-22/h8-13,15-16,20H,6-7,14,17-18H2,1-5H3,(H,26,30)/t20-/m0/s1. The van der Waals surface area contributed by atoms with E-state index >= 15 is 0 Å². The molecular weight excluding hydrogens is 454 g/mol. The van der Waals surface area contributed by atoms with Crippen molar-refractivity contribution in [1.82, 2.24) is 10.2 Å². The van der Waals surface area contributed by atoms with Gasteiger partial charge in [-0.15, -0.1) is 0 Å². The second-order valence-electron chi connectivity index (χ2n) is 8.30. The zero-order chi connectivity index (χ0) is 25.3. The van der Waals surface area contributed by atoms with Crippen LogP contribution >= 0.6 is 0 Å². The van der Waals surface area contributed by atoms with Gasteiger partial charge in [0.15, 0.2) is 0 Å². The summed E-state index contributed by atoms with van der Waals surface area (Å²) in [6, 6.07) is 13.4. The van der Waals surface area contributed by atoms with Crippen molar-refractivity contribution in [3.05, 3.63) is 59.7 Å². The van der Waals surface area contributed by atoms with E-state index in [0.717, 1.165) is 34.5 Å². The number of methoxy groups -OCH3 is 1. The summed E-state index contributed by atoms with van der Waals surface area (Å²) in [5.41, 5.74) is 2.04. The smallest absolute Gasteiger partial charge is 0.244 e. The number of carbonyl (C=O) groups is 2. The average molecular weight is 490 g/mol. The Hall–Kier alpha value is -3.07. The van der Waals surface area contributed by atoms with E-state index in [1.54, 1.807) is 50.4 Å². The van der Waals surface area contributed by atoms with Gasteiger partial charge in [-0.05, 0) is 55.7 Å². The first-order valence-corrected chi connectivity index (χ1v) is 13.2. The molecule has 0 aliphatic heterocycles. The van der Waals surface area contributed by atoms with Gasteiger partial charge in [0.05, 0.1) is 19.1 Å². The number of hydrogen-bond acceptors (Lipinski definition) is 5. The van der Waals surface area contributed by atoms with Gasteiger partial charge in [0.2, 0.25) is 21.8 Å². The number of sulfonamides is 1. The summed E-state index contributed by atoms with van der Waals surface area (Å²) in [7, 11) is -2.19. The van der Waals surface area contributed by atoms with Crippen LogP contribution in [0, 0.1) is 6.92 Å². The molecule has 2 aromatic rings. The Labute approximate surface area is 202 Å². The number of amides is 2. The molecule has 0 heterocycles. The van der Waals surface area contributed by atoms with Gasteiger partial charge in [0, 0.05) is 13.1 Å². The van der Waals surface area contributed by atoms with Crippen molar-refractivity contribution in [1.29, 1.82) is 0 Å². The van der Waals surface area contributed by atoms with E-state index in [0.29, 0.717) is 18.0 Å². The molecule has 186 valence electrons. The maximum Gasteiger partial charge on any atom is 0.244 e. The molecule has 1 atom stereocenters. The quantitative estimate of drug-likeness (QED) is 0.462. The third-order valence-electron chi connectivity index (χ3n) is 5.45. The molecule has 0 spiro atoms. The van der Waals surface area contributed by atoms with Gasteiger partial charge in [-0.25, -0.2) is 8.42 Å². The predicted octanol–water partition coefficient (Wildman–Crippen LogP) is 3.10. The molecule has 0 radical (unpaired) electrons. The summed E-state index contributed by atoms with van der Waals surface area (Å²) in [5, 5.41) is 2.86. The van der Waals surface area contributed by atoms with E-state index < -0.39 is 28.5 Å². The Morgan fingerprint density at radius 1 is 1.12 bits per heavy atom. The van der Waals surface area contributed by atoms with Gasteiger partial charge >= 0.3 is 0 Å². The molecule has 2 amide bonds. The molecule has 2 rings (SSSR count). The number of anilines is 1. The zero-order valence-electron chi connectivity index (χ0n) is 20.6. The summed E-state index contributed by atoms with van der Waals surface area (Å²) in [6.07, 6.45) is 2.83.